The zero-order valence-electron chi connectivity index (χ0n) is 17.0. The van der Waals surface area contributed by atoms with E-state index < -0.39 is 0 Å². The lowest BCUT2D eigenvalue weighted by Crippen LogP contribution is -2.13. The van der Waals surface area contributed by atoms with Gasteiger partial charge in [0.2, 0.25) is 5.91 Å². The molecule has 1 aromatic heterocycles. The molecule has 0 atom stereocenters. The molecule has 30 heavy (non-hydrogen) atoms. The van der Waals surface area contributed by atoms with Crippen LogP contribution in [0.15, 0.2) is 77.8 Å². The second-order valence-electron chi connectivity index (χ2n) is 7.42. The molecule has 0 bridgehead atoms. The first-order chi connectivity index (χ1) is 14.5. The van der Waals surface area contributed by atoms with Crippen molar-refractivity contribution in [3.05, 3.63) is 95.4 Å². The summed E-state index contributed by atoms with van der Waals surface area (Å²) in [6, 6.07) is 20.7. The summed E-state index contributed by atoms with van der Waals surface area (Å²) in [5.74, 6) is -0.263. The number of aromatic nitrogens is 1. The molecule has 152 valence electrons. The fraction of sp³-hybridized carbons (Fsp3) is 0.160. The smallest absolute Gasteiger partial charge is 0.234 e. The summed E-state index contributed by atoms with van der Waals surface area (Å²) >= 11 is 1.49. The molecule has 1 amide bonds. The number of rotatable bonds is 6. The number of thioether (sulfide) groups is 1. The number of benzene rings is 3. The molecule has 4 aromatic rings. The number of halogens is 1. The Balaban J connectivity index is 1.53. The molecular formula is C25H23FN2OS. The highest BCUT2D eigenvalue weighted by Crippen LogP contribution is 2.31. The van der Waals surface area contributed by atoms with E-state index in [1.54, 1.807) is 12.1 Å². The average Bonchev–Trinajstić information content (AvgIpc) is 3.07. The van der Waals surface area contributed by atoms with Gasteiger partial charge in [0, 0.05) is 34.2 Å². The van der Waals surface area contributed by atoms with E-state index in [1.807, 2.05) is 12.1 Å². The van der Waals surface area contributed by atoms with Crippen LogP contribution in [0.4, 0.5) is 10.1 Å². The molecule has 1 heterocycles. The summed E-state index contributed by atoms with van der Waals surface area (Å²) in [4.78, 5) is 13.4. The van der Waals surface area contributed by atoms with E-state index in [2.05, 4.69) is 60.3 Å². The Bertz CT molecular complexity index is 1210. The van der Waals surface area contributed by atoms with Crippen LogP contribution < -0.4 is 5.32 Å². The zero-order chi connectivity index (χ0) is 21.1. The van der Waals surface area contributed by atoms with E-state index in [0.717, 1.165) is 22.3 Å². The van der Waals surface area contributed by atoms with Crippen molar-refractivity contribution in [2.45, 2.75) is 25.3 Å². The minimum Gasteiger partial charge on any atom is -0.342 e. The van der Waals surface area contributed by atoms with Crippen LogP contribution >= 0.6 is 11.8 Å². The molecule has 5 heteroatoms. The summed E-state index contributed by atoms with van der Waals surface area (Å²) < 4.78 is 15.6. The van der Waals surface area contributed by atoms with Crippen molar-refractivity contribution < 1.29 is 9.18 Å². The number of para-hydroxylation sites is 1. The third-order valence-corrected chi connectivity index (χ3v) is 6.11. The van der Waals surface area contributed by atoms with Crippen LogP contribution in [-0.2, 0) is 11.3 Å². The molecule has 0 unspecified atom stereocenters. The van der Waals surface area contributed by atoms with Crippen LogP contribution in [0.25, 0.3) is 10.9 Å². The fourth-order valence-electron chi connectivity index (χ4n) is 3.52. The molecule has 0 aliphatic rings. The molecule has 0 fully saturated rings. The average molecular weight is 419 g/mol. The Morgan fingerprint density at radius 2 is 1.87 bits per heavy atom. The highest BCUT2D eigenvalue weighted by atomic mass is 32.2. The largest absolute Gasteiger partial charge is 0.342 e. The lowest BCUT2D eigenvalue weighted by molar-refractivity contribution is -0.113. The van der Waals surface area contributed by atoms with E-state index in [9.17, 15) is 9.18 Å². The summed E-state index contributed by atoms with van der Waals surface area (Å²) in [6.07, 6.45) is 2.12. The van der Waals surface area contributed by atoms with Gasteiger partial charge in [-0.15, -0.1) is 11.8 Å². The standard InChI is InChI=1S/C25H23FN2OS/c1-17-10-11-18(2)19(12-17)14-28-15-24(22-8-3-4-9-23(22)28)30-16-25(29)27-21-7-5-6-20(26)13-21/h3-13,15H,14,16H2,1-2H3,(H,27,29). The second kappa shape index (κ2) is 8.76. The third-order valence-electron chi connectivity index (χ3n) is 5.06. The predicted octanol–water partition coefficient (Wildman–Crippen LogP) is 6.18. The van der Waals surface area contributed by atoms with Gasteiger partial charge in [-0.1, -0.05) is 48.0 Å². The van der Waals surface area contributed by atoms with Gasteiger partial charge in [0.05, 0.1) is 5.75 Å². The summed E-state index contributed by atoms with van der Waals surface area (Å²) in [5, 5.41) is 3.89. The summed E-state index contributed by atoms with van der Waals surface area (Å²) in [5.41, 5.74) is 5.42. The second-order valence-corrected chi connectivity index (χ2v) is 8.43. The highest BCUT2D eigenvalue weighted by molar-refractivity contribution is 8.00. The van der Waals surface area contributed by atoms with E-state index in [4.69, 9.17) is 0 Å². The molecule has 0 aliphatic heterocycles. The van der Waals surface area contributed by atoms with Crippen LogP contribution in [0.3, 0.4) is 0 Å². The third kappa shape index (κ3) is 4.57. The molecule has 0 saturated carbocycles. The Morgan fingerprint density at radius 1 is 1.03 bits per heavy atom. The molecule has 0 saturated heterocycles. The van der Waals surface area contributed by atoms with Gasteiger partial charge in [0.15, 0.2) is 0 Å². The molecule has 3 aromatic carbocycles. The van der Waals surface area contributed by atoms with Crippen LogP contribution in [0, 0.1) is 19.7 Å². The fourth-order valence-corrected chi connectivity index (χ4v) is 4.41. The van der Waals surface area contributed by atoms with Crippen molar-refractivity contribution in [1.29, 1.82) is 0 Å². The highest BCUT2D eigenvalue weighted by Gasteiger charge is 2.12. The number of amides is 1. The molecule has 0 aliphatic carbocycles. The number of hydrogen-bond acceptors (Lipinski definition) is 2. The normalized spacial score (nSPS) is 11.0. The van der Waals surface area contributed by atoms with Gasteiger partial charge in [-0.3, -0.25) is 4.79 Å². The number of fused-ring (bicyclic) bond motifs is 1. The van der Waals surface area contributed by atoms with Gasteiger partial charge in [0.25, 0.3) is 0 Å². The summed E-state index contributed by atoms with van der Waals surface area (Å²) in [7, 11) is 0. The van der Waals surface area contributed by atoms with E-state index in [-0.39, 0.29) is 17.5 Å². The van der Waals surface area contributed by atoms with Crippen LogP contribution in [0.1, 0.15) is 16.7 Å². The maximum Gasteiger partial charge on any atom is 0.234 e. The van der Waals surface area contributed by atoms with Gasteiger partial charge < -0.3 is 9.88 Å². The number of hydrogen-bond donors (Lipinski definition) is 1. The number of anilines is 1. The first kappa shape index (κ1) is 20.2. The van der Waals surface area contributed by atoms with Crippen LogP contribution in [0.2, 0.25) is 0 Å². The monoisotopic (exact) mass is 418 g/mol. The van der Waals surface area contributed by atoms with Gasteiger partial charge >= 0.3 is 0 Å². The van der Waals surface area contributed by atoms with Crippen molar-refractivity contribution in [1.82, 2.24) is 4.57 Å². The minimum atomic E-state index is -0.366. The van der Waals surface area contributed by atoms with Crippen molar-refractivity contribution in [2.75, 3.05) is 11.1 Å². The van der Waals surface area contributed by atoms with Crippen molar-refractivity contribution in [3.63, 3.8) is 0 Å². The minimum absolute atomic E-state index is 0.156. The van der Waals surface area contributed by atoms with Crippen LogP contribution in [0.5, 0.6) is 0 Å². The van der Waals surface area contributed by atoms with E-state index in [0.29, 0.717) is 5.69 Å². The Kier molecular flexibility index (Phi) is 5.91. The quantitative estimate of drug-likeness (QED) is 0.380. The van der Waals surface area contributed by atoms with Gasteiger partial charge in [-0.05, 0) is 49.2 Å². The van der Waals surface area contributed by atoms with Gasteiger partial charge in [0.1, 0.15) is 5.82 Å². The SMILES string of the molecule is Cc1ccc(C)c(Cn2cc(SCC(=O)Nc3cccc(F)c3)c3ccccc32)c1. The van der Waals surface area contributed by atoms with Gasteiger partial charge in [-0.25, -0.2) is 4.39 Å². The lowest BCUT2D eigenvalue weighted by Gasteiger charge is -2.09. The van der Waals surface area contributed by atoms with E-state index >= 15 is 0 Å². The Morgan fingerprint density at radius 3 is 2.70 bits per heavy atom. The maximum atomic E-state index is 13.3. The molecular weight excluding hydrogens is 395 g/mol. The molecule has 0 spiro atoms. The predicted molar refractivity (Wildman–Crippen MR) is 123 cm³/mol. The molecule has 4 rings (SSSR count). The van der Waals surface area contributed by atoms with Crippen molar-refractivity contribution in [2.24, 2.45) is 0 Å². The maximum absolute atomic E-state index is 13.3. The first-order valence-corrected chi connectivity index (χ1v) is 10.8. The van der Waals surface area contributed by atoms with Crippen molar-refractivity contribution in [3.8, 4) is 0 Å². The molecule has 3 nitrogen and oxygen atoms in total. The number of aryl methyl sites for hydroxylation is 2. The topological polar surface area (TPSA) is 34.0 Å². The van der Waals surface area contributed by atoms with Crippen LogP contribution in [-0.4, -0.2) is 16.2 Å². The number of nitrogens with one attached hydrogen (secondary N) is 1. The lowest BCUT2D eigenvalue weighted by atomic mass is 10.1. The van der Waals surface area contributed by atoms with E-state index in [1.165, 1.54) is 40.6 Å². The zero-order valence-corrected chi connectivity index (χ0v) is 17.8. The number of nitrogens with zero attached hydrogens (tertiary/aromatic N) is 1. The van der Waals surface area contributed by atoms with Gasteiger partial charge in [-0.2, -0.15) is 0 Å². The number of carbonyl (C=O) groups is 1. The first-order valence-electron chi connectivity index (χ1n) is 9.82. The summed E-state index contributed by atoms with van der Waals surface area (Å²) in [6.45, 7) is 5.02. The Hall–Kier alpha value is -3.05. The number of carbonyl (C=O) groups excluding carboxylic acids is 1. The molecule has 1 N–H and O–H groups in total. The molecule has 0 radical (unpaired) electrons. The van der Waals surface area contributed by atoms with Crippen molar-refractivity contribution >= 4 is 34.3 Å². The Labute approximate surface area is 179 Å².